The van der Waals surface area contributed by atoms with Crippen LogP contribution in [-0.4, -0.2) is 23.5 Å². The van der Waals surface area contributed by atoms with Gasteiger partial charge in [-0.1, -0.05) is 18.7 Å². The number of rotatable bonds is 3. The van der Waals surface area contributed by atoms with E-state index in [1.165, 1.54) is 6.08 Å². The zero-order valence-electron chi connectivity index (χ0n) is 15.8. The largest absolute Gasteiger partial charge is 0.508 e. The molecule has 5 nitrogen and oxygen atoms in total. The Bertz CT molecular complexity index is 951. The van der Waals surface area contributed by atoms with Gasteiger partial charge in [0.2, 0.25) is 5.91 Å². The Morgan fingerprint density at radius 2 is 2.04 bits per heavy atom. The van der Waals surface area contributed by atoms with Crippen LogP contribution < -0.4 is 10.2 Å². The number of nitrogens with one attached hydrogen (secondary N) is 1. The zero-order valence-corrected chi connectivity index (χ0v) is 15.8. The van der Waals surface area contributed by atoms with Gasteiger partial charge in [0.1, 0.15) is 5.75 Å². The number of hydrogen-bond donors (Lipinski definition) is 2. The minimum Gasteiger partial charge on any atom is -0.508 e. The van der Waals surface area contributed by atoms with Crippen LogP contribution in [0.25, 0.3) is 0 Å². The number of hydrogen-bond acceptors (Lipinski definition) is 3. The molecule has 2 N–H and O–H groups in total. The van der Waals surface area contributed by atoms with Crippen molar-refractivity contribution in [1.82, 2.24) is 5.32 Å². The Labute approximate surface area is 164 Å². The summed E-state index contributed by atoms with van der Waals surface area (Å²) in [7, 11) is 0. The van der Waals surface area contributed by atoms with E-state index in [0.29, 0.717) is 17.9 Å². The molecule has 1 aliphatic heterocycles. The van der Waals surface area contributed by atoms with E-state index in [4.69, 9.17) is 0 Å². The normalized spacial score (nSPS) is 18.0. The maximum Gasteiger partial charge on any atom is 0.251 e. The maximum absolute atomic E-state index is 12.9. The molecule has 144 valence electrons. The lowest BCUT2D eigenvalue weighted by molar-refractivity contribution is -0.114. The fraction of sp³-hybridized carbons (Fsp3) is 0.304. The van der Waals surface area contributed by atoms with Crippen molar-refractivity contribution >= 4 is 17.5 Å². The standard InChI is InChI=1S/C23H24N2O3/c1-2-22(27)25-13-5-6-15-14-16(11-12-20(15)25)23(28)24-19-9-3-8-18-17(19)7-4-10-21(18)26/h2,4,7,10-12,14,19,26H,1,3,5-6,8-9,13H2,(H,24,28). The van der Waals surface area contributed by atoms with E-state index < -0.39 is 0 Å². The van der Waals surface area contributed by atoms with Crippen LogP contribution in [0.15, 0.2) is 49.1 Å². The molecular weight excluding hydrogens is 352 g/mol. The highest BCUT2D eigenvalue weighted by atomic mass is 16.3. The number of carbonyl (C=O) groups excluding carboxylic acids is 2. The number of amides is 2. The molecule has 0 fully saturated rings. The number of aromatic hydroxyl groups is 1. The summed E-state index contributed by atoms with van der Waals surface area (Å²) in [6.07, 6.45) is 5.66. The van der Waals surface area contributed by atoms with Gasteiger partial charge >= 0.3 is 0 Å². The summed E-state index contributed by atoms with van der Waals surface area (Å²) in [4.78, 5) is 26.7. The quantitative estimate of drug-likeness (QED) is 0.803. The molecule has 0 bridgehead atoms. The van der Waals surface area contributed by atoms with Crippen molar-refractivity contribution < 1.29 is 14.7 Å². The number of anilines is 1. The first kappa shape index (κ1) is 18.3. The van der Waals surface area contributed by atoms with Crippen molar-refractivity contribution in [3.8, 4) is 5.75 Å². The number of phenols is 1. The van der Waals surface area contributed by atoms with Crippen LogP contribution in [0.1, 0.15) is 52.4 Å². The molecule has 1 atom stereocenters. The lowest BCUT2D eigenvalue weighted by Crippen LogP contribution is -2.34. The van der Waals surface area contributed by atoms with Crippen LogP contribution >= 0.6 is 0 Å². The third-order valence-electron chi connectivity index (χ3n) is 5.69. The molecule has 28 heavy (non-hydrogen) atoms. The number of aryl methyl sites for hydroxylation is 1. The Morgan fingerprint density at radius 3 is 2.86 bits per heavy atom. The van der Waals surface area contributed by atoms with E-state index in [2.05, 4.69) is 11.9 Å². The average molecular weight is 376 g/mol. The fourth-order valence-electron chi connectivity index (χ4n) is 4.30. The summed E-state index contributed by atoms with van der Waals surface area (Å²) >= 11 is 0. The molecule has 0 spiro atoms. The first-order valence-electron chi connectivity index (χ1n) is 9.77. The molecular formula is C23H24N2O3. The van der Waals surface area contributed by atoms with Crippen LogP contribution in [0.5, 0.6) is 5.75 Å². The molecule has 0 saturated heterocycles. The lowest BCUT2D eigenvalue weighted by Gasteiger charge is -2.29. The van der Waals surface area contributed by atoms with E-state index in [1.807, 2.05) is 24.3 Å². The van der Waals surface area contributed by atoms with Gasteiger partial charge in [0.25, 0.3) is 5.91 Å². The molecule has 0 radical (unpaired) electrons. The number of phenolic OH excluding ortho intramolecular Hbond substituents is 1. The maximum atomic E-state index is 12.9. The van der Waals surface area contributed by atoms with Crippen molar-refractivity contribution in [2.75, 3.05) is 11.4 Å². The molecule has 0 saturated carbocycles. The van der Waals surface area contributed by atoms with Crippen LogP contribution in [0.3, 0.4) is 0 Å². The lowest BCUT2D eigenvalue weighted by atomic mass is 9.87. The fourth-order valence-corrected chi connectivity index (χ4v) is 4.30. The summed E-state index contributed by atoms with van der Waals surface area (Å²) in [6.45, 7) is 4.24. The van der Waals surface area contributed by atoms with Crippen molar-refractivity contribution in [3.63, 3.8) is 0 Å². The summed E-state index contributed by atoms with van der Waals surface area (Å²) in [6, 6.07) is 10.9. The highest BCUT2D eigenvalue weighted by Crippen LogP contribution is 2.35. The highest BCUT2D eigenvalue weighted by molar-refractivity contribution is 6.02. The zero-order chi connectivity index (χ0) is 19.7. The van der Waals surface area contributed by atoms with Crippen molar-refractivity contribution in [3.05, 3.63) is 71.3 Å². The first-order chi connectivity index (χ1) is 13.6. The molecule has 2 aromatic carbocycles. The summed E-state index contributed by atoms with van der Waals surface area (Å²) in [5, 5.41) is 13.2. The predicted octanol–water partition coefficient (Wildman–Crippen LogP) is 3.66. The second-order valence-electron chi connectivity index (χ2n) is 7.40. The predicted molar refractivity (Wildman–Crippen MR) is 109 cm³/mol. The van der Waals surface area contributed by atoms with Gasteiger partial charge in [-0.3, -0.25) is 9.59 Å². The Kier molecular flexibility index (Phi) is 4.90. The molecule has 2 aliphatic rings. The first-order valence-corrected chi connectivity index (χ1v) is 9.77. The monoisotopic (exact) mass is 376 g/mol. The van der Waals surface area contributed by atoms with Gasteiger partial charge in [0.05, 0.1) is 6.04 Å². The van der Waals surface area contributed by atoms with Crippen molar-refractivity contribution in [2.45, 2.75) is 38.1 Å². The molecule has 5 heteroatoms. The van der Waals surface area contributed by atoms with Crippen LogP contribution in [-0.2, 0) is 17.6 Å². The molecule has 1 aliphatic carbocycles. The third kappa shape index (κ3) is 3.28. The van der Waals surface area contributed by atoms with Crippen molar-refractivity contribution in [1.29, 1.82) is 0 Å². The molecule has 1 heterocycles. The van der Waals surface area contributed by atoms with Crippen molar-refractivity contribution in [2.24, 2.45) is 0 Å². The Balaban J connectivity index is 1.57. The second-order valence-corrected chi connectivity index (χ2v) is 7.40. The van der Waals surface area contributed by atoms with Gasteiger partial charge in [0, 0.05) is 17.8 Å². The van der Waals surface area contributed by atoms with E-state index >= 15 is 0 Å². The van der Waals surface area contributed by atoms with E-state index in [0.717, 1.165) is 54.5 Å². The molecule has 2 amide bonds. The summed E-state index contributed by atoms with van der Waals surface area (Å²) < 4.78 is 0. The third-order valence-corrected chi connectivity index (χ3v) is 5.69. The number of benzene rings is 2. The summed E-state index contributed by atoms with van der Waals surface area (Å²) in [5.41, 5.74) is 4.40. The van der Waals surface area contributed by atoms with Gasteiger partial charge < -0.3 is 15.3 Å². The number of fused-ring (bicyclic) bond motifs is 2. The smallest absolute Gasteiger partial charge is 0.251 e. The van der Waals surface area contributed by atoms with E-state index in [9.17, 15) is 14.7 Å². The van der Waals surface area contributed by atoms with Gasteiger partial charge in [-0.15, -0.1) is 0 Å². The second kappa shape index (κ2) is 7.50. The van der Waals surface area contributed by atoms with E-state index in [1.54, 1.807) is 17.0 Å². The topological polar surface area (TPSA) is 69.6 Å². The van der Waals surface area contributed by atoms with Gasteiger partial charge in [-0.2, -0.15) is 0 Å². The van der Waals surface area contributed by atoms with Gasteiger partial charge in [-0.25, -0.2) is 0 Å². The van der Waals surface area contributed by atoms with Gasteiger partial charge in [-0.05, 0) is 79.1 Å². The number of carbonyl (C=O) groups is 2. The van der Waals surface area contributed by atoms with Crippen LogP contribution in [0.4, 0.5) is 5.69 Å². The van der Waals surface area contributed by atoms with Gasteiger partial charge in [0.15, 0.2) is 0 Å². The van der Waals surface area contributed by atoms with Crippen LogP contribution in [0, 0.1) is 0 Å². The average Bonchev–Trinajstić information content (AvgIpc) is 2.73. The van der Waals surface area contributed by atoms with E-state index in [-0.39, 0.29) is 17.9 Å². The Morgan fingerprint density at radius 1 is 1.18 bits per heavy atom. The van der Waals surface area contributed by atoms with Crippen LogP contribution in [0.2, 0.25) is 0 Å². The number of nitrogens with zero attached hydrogens (tertiary/aromatic N) is 1. The Hall–Kier alpha value is -3.08. The minimum absolute atomic E-state index is 0.0989. The molecule has 4 rings (SSSR count). The molecule has 0 aromatic heterocycles. The molecule has 2 aromatic rings. The SMILES string of the molecule is C=CC(=O)N1CCCc2cc(C(=O)NC3CCCc4c(O)cccc43)ccc21. The minimum atomic E-state index is -0.129. The molecule has 1 unspecified atom stereocenters. The summed E-state index contributed by atoms with van der Waals surface area (Å²) in [5.74, 6) is 0.0603. The highest BCUT2D eigenvalue weighted by Gasteiger charge is 2.25.